The number of nitrogens with zero attached hydrogens (tertiary/aromatic N) is 1. The molecule has 0 atom stereocenters. The third-order valence-electron chi connectivity index (χ3n) is 1.62. The quantitative estimate of drug-likeness (QED) is 0.383. The van der Waals surface area contributed by atoms with Gasteiger partial charge in [-0.2, -0.15) is 8.42 Å². The van der Waals surface area contributed by atoms with Crippen molar-refractivity contribution in [1.82, 2.24) is 0 Å². The highest BCUT2D eigenvalue weighted by Gasteiger charge is 2.11. The number of alkyl halides is 1. The number of amidine groups is 1. The number of hydrogen-bond donors (Lipinski definition) is 2. The van der Waals surface area contributed by atoms with E-state index in [9.17, 15) is 8.42 Å². The SMILES string of the molecule is NC(CCl)=Nc1cc(S(=O)(=O)O)ccc1Cl. The molecule has 0 unspecified atom stereocenters. The molecule has 0 amide bonds. The Labute approximate surface area is 103 Å². The van der Waals surface area contributed by atoms with Crippen LogP contribution in [0.3, 0.4) is 0 Å². The standard InChI is InChI=1S/C8H8Cl2N2O3S/c9-4-8(11)12-7-3-5(16(13,14)15)1-2-6(7)10/h1-3H,4H2,(H2,11,12)(H,13,14,15). The summed E-state index contributed by atoms with van der Waals surface area (Å²) in [5.41, 5.74) is 5.51. The lowest BCUT2D eigenvalue weighted by atomic mass is 10.3. The minimum atomic E-state index is -4.29. The number of rotatable bonds is 3. The topological polar surface area (TPSA) is 92.8 Å². The first-order valence-electron chi connectivity index (χ1n) is 4.00. The third kappa shape index (κ3) is 3.34. The molecule has 0 saturated heterocycles. The van der Waals surface area contributed by atoms with Gasteiger partial charge in [0.15, 0.2) is 0 Å². The highest BCUT2D eigenvalue weighted by atomic mass is 35.5. The van der Waals surface area contributed by atoms with Crippen LogP contribution in [0.5, 0.6) is 0 Å². The van der Waals surface area contributed by atoms with Crippen LogP contribution in [-0.2, 0) is 10.1 Å². The summed E-state index contributed by atoms with van der Waals surface area (Å²) in [4.78, 5) is 3.50. The van der Waals surface area contributed by atoms with Gasteiger partial charge in [-0.05, 0) is 18.2 Å². The second-order valence-electron chi connectivity index (χ2n) is 2.83. The van der Waals surface area contributed by atoms with Gasteiger partial charge in [0.05, 0.1) is 21.5 Å². The molecule has 0 bridgehead atoms. The Balaban J connectivity index is 3.30. The van der Waals surface area contributed by atoms with Crippen LogP contribution in [0.2, 0.25) is 5.02 Å². The largest absolute Gasteiger partial charge is 0.386 e. The van der Waals surface area contributed by atoms with E-state index in [2.05, 4.69) is 4.99 Å². The summed E-state index contributed by atoms with van der Waals surface area (Å²) in [5.74, 6) is 0.0861. The number of aliphatic imine (C=N–C) groups is 1. The van der Waals surface area contributed by atoms with Crippen LogP contribution >= 0.6 is 23.2 Å². The lowest BCUT2D eigenvalue weighted by Gasteiger charge is -2.02. The Morgan fingerprint density at radius 2 is 2.12 bits per heavy atom. The molecule has 1 rings (SSSR count). The van der Waals surface area contributed by atoms with Gasteiger partial charge in [-0.3, -0.25) is 4.55 Å². The van der Waals surface area contributed by atoms with E-state index in [1.54, 1.807) is 0 Å². The predicted molar refractivity (Wildman–Crippen MR) is 63.3 cm³/mol. The van der Waals surface area contributed by atoms with Crippen LogP contribution in [-0.4, -0.2) is 24.7 Å². The number of halogens is 2. The Hall–Kier alpha value is -0.820. The molecule has 0 aliphatic rings. The summed E-state index contributed by atoms with van der Waals surface area (Å²) in [6, 6.07) is 3.57. The fourth-order valence-electron chi connectivity index (χ4n) is 0.923. The van der Waals surface area contributed by atoms with Crippen LogP contribution in [0.4, 0.5) is 5.69 Å². The zero-order chi connectivity index (χ0) is 12.3. The van der Waals surface area contributed by atoms with E-state index in [4.69, 9.17) is 33.5 Å². The van der Waals surface area contributed by atoms with Crippen molar-refractivity contribution in [2.24, 2.45) is 10.7 Å². The molecule has 0 radical (unpaired) electrons. The molecular formula is C8H8Cl2N2O3S. The summed E-state index contributed by atoms with van der Waals surface area (Å²) < 4.78 is 30.5. The summed E-state index contributed by atoms with van der Waals surface area (Å²) in [6.07, 6.45) is 0. The maximum Gasteiger partial charge on any atom is 0.294 e. The van der Waals surface area contributed by atoms with E-state index < -0.39 is 10.1 Å². The molecule has 0 saturated carbocycles. The molecule has 0 spiro atoms. The number of hydrogen-bond acceptors (Lipinski definition) is 3. The molecule has 88 valence electrons. The highest BCUT2D eigenvalue weighted by molar-refractivity contribution is 7.85. The van der Waals surface area contributed by atoms with Crippen molar-refractivity contribution in [3.63, 3.8) is 0 Å². The van der Waals surface area contributed by atoms with Crippen molar-refractivity contribution in [3.8, 4) is 0 Å². The Kier molecular flexibility index (Phi) is 4.15. The van der Waals surface area contributed by atoms with Crippen molar-refractivity contribution >= 4 is 44.8 Å². The van der Waals surface area contributed by atoms with E-state index in [0.717, 1.165) is 12.1 Å². The number of benzene rings is 1. The molecule has 1 aromatic rings. The molecule has 0 fully saturated rings. The summed E-state index contributed by atoms with van der Waals surface area (Å²) >= 11 is 11.2. The molecule has 0 aliphatic heterocycles. The Bertz CT molecular complexity index is 528. The fourth-order valence-corrected chi connectivity index (χ4v) is 1.64. The second kappa shape index (κ2) is 5.01. The normalized spacial score (nSPS) is 12.8. The average molecular weight is 283 g/mol. The maximum atomic E-state index is 10.9. The fraction of sp³-hybridized carbons (Fsp3) is 0.125. The zero-order valence-corrected chi connectivity index (χ0v) is 10.2. The molecule has 0 heterocycles. The lowest BCUT2D eigenvalue weighted by Crippen LogP contribution is -2.12. The first-order valence-corrected chi connectivity index (χ1v) is 6.36. The minimum absolute atomic E-state index is 0.00751. The first-order chi connectivity index (χ1) is 7.34. The third-order valence-corrected chi connectivity index (χ3v) is 3.06. The summed E-state index contributed by atoms with van der Waals surface area (Å²) in [5, 5.41) is 0.209. The van der Waals surface area contributed by atoms with Gasteiger partial charge >= 0.3 is 0 Å². The van der Waals surface area contributed by atoms with E-state index in [1.807, 2.05) is 0 Å². The average Bonchev–Trinajstić information content (AvgIpc) is 2.19. The predicted octanol–water partition coefficient (Wildman–Crippen LogP) is 1.81. The zero-order valence-electron chi connectivity index (χ0n) is 7.89. The Morgan fingerprint density at radius 1 is 1.50 bits per heavy atom. The molecule has 0 aliphatic carbocycles. The molecular weight excluding hydrogens is 275 g/mol. The molecule has 0 aromatic heterocycles. The van der Waals surface area contributed by atoms with E-state index in [1.165, 1.54) is 6.07 Å². The second-order valence-corrected chi connectivity index (χ2v) is 4.92. The first kappa shape index (κ1) is 13.2. The van der Waals surface area contributed by atoms with Crippen molar-refractivity contribution in [1.29, 1.82) is 0 Å². The maximum absolute atomic E-state index is 10.9. The van der Waals surface area contributed by atoms with Gasteiger partial charge < -0.3 is 5.73 Å². The van der Waals surface area contributed by atoms with Gasteiger partial charge in [0.25, 0.3) is 10.1 Å². The van der Waals surface area contributed by atoms with Crippen molar-refractivity contribution in [2.45, 2.75) is 4.90 Å². The van der Waals surface area contributed by atoms with Gasteiger partial charge in [0.2, 0.25) is 0 Å². The van der Waals surface area contributed by atoms with Crippen molar-refractivity contribution < 1.29 is 13.0 Å². The molecule has 16 heavy (non-hydrogen) atoms. The van der Waals surface area contributed by atoms with Crippen LogP contribution in [0.15, 0.2) is 28.1 Å². The van der Waals surface area contributed by atoms with Crippen LogP contribution < -0.4 is 5.73 Å². The highest BCUT2D eigenvalue weighted by Crippen LogP contribution is 2.27. The lowest BCUT2D eigenvalue weighted by molar-refractivity contribution is 0.483. The Morgan fingerprint density at radius 3 is 2.62 bits per heavy atom. The monoisotopic (exact) mass is 282 g/mol. The smallest absolute Gasteiger partial charge is 0.294 e. The van der Waals surface area contributed by atoms with Crippen LogP contribution in [0, 0.1) is 0 Å². The van der Waals surface area contributed by atoms with Crippen LogP contribution in [0.1, 0.15) is 0 Å². The molecule has 1 aromatic carbocycles. The van der Waals surface area contributed by atoms with Crippen molar-refractivity contribution in [2.75, 3.05) is 5.88 Å². The summed E-state index contributed by atoms with van der Waals surface area (Å²) in [7, 11) is -4.29. The van der Waals surface area contributed by atoms with Gasteiger partial charge in [-0.1, -0.05) is 11.6 Å². The molecule has 8 heteroatoms. The molecule has 3 N–H and O–H groups in total. The van der Waals surface area contributed by atoms with Gasteiger partial charge in [0.1, 0.15) is 5.84 Å². The summed E-state index contributed by atoms with van der Waals surface area (Å²) in [6.45, 7) is 0. The molecule has 5 nitrogen and oxygen atoms in total. The minimum Gasteiger partial charge on any atom is -0.386 e. The number of nitrogens with two attached hydrogens (primary N) is 1. The van der Waals surface area contributed by atoms with Crippen molar-refractivity contribution in [3.05, 3.63) is 23.2 Å². The van der Waals surface area contributed by atoms with Gasteiger partial charge in [0, 0.05) is 0 Å². The van der Waals surface area contributed by atoms with E-state index in [-0.39, 0.29) is 27.3 Å². The van der Waals surface area contributed by atoms with E-state index >= 15 is 0 Å². The van der Waals surface area contributed by atoms with E-state index in [0.29, 0.717) is 0 Å². The van der Waals surface area contributed by atoms with Crippen LogP contribution in [0.25, 0.3) is 0 Å². The van der Waals surface area contributed by atoms with Gasteiger partial charge in [-0.25, -0.2) is 4.99 Å². The van der Waals surface area contributed by atoms with Gasteiger partial charge in [-0.15, -0.1) is 11.6 Å².